The van der Waals surface area contributed by atoms with Gasteiger partial charge in [0.2, 0.25) is 5.91 Å². The van der Waals surface area contributed by atoms with Crippen LogP contribution in [0.4, 0.5) is 11.4 Å². The van der Waals surface area contributed by atoms with E-state index in [-0.39, 0.29) is 5.91 Å². The summed E-state index contributed by atoms with van der Waals surface area (Å²) in [6, 6.07) is 11.7. The van der Waals surface area contributed by atoms with Crippen LogP contribution >= 0.6 is 11.8 Å². The number of carbonyl (C=O) groups is 1. The molecule has 3 N–H and O–H groups in total. The molecule has 0 heterocycles. The van der Waals surface area contributed by atoms with E-state index in [1.807, 2.05) is 57.2 Å². The van der Waals surface area contributed by atoms with Gasteiger partial charge < -0.3 is 11.1 Å². The van der Waals surface area contributed by atoms with Gasteiger partial charge in [-0.25, -0.2) is 0 Å². The van der Waals surface area contributed by atoms with Gasteiger partial charge in [0.05, 0.1) is 5.75 Å². The van der Waals surface area contributed by atoms with Crippen LogP contribution in [0, 0.1) is 20.8 Å². The van der Waals surface area contributed by atoms with Crippen molar-refractivity contribution in [2.75, 3.05) is 16.8 Å². The number of hydrogen-bond donors (Lipinski definition) is 2. The molecule has 0 saturated heterocycles. The average molecular weight is 300 g/mol. The van der Waals surface area contributed by atoms with Crippen molar-refractivity contribution in [2.45, 2.75) is 25.7 Å². The van der Waals surface area contributed by atoms with E-state index < -0.39 is 0 Å². The SMILES string of the molecule is Cc1cc(N)ccc1SCC(=O)Nc1cccc(C)c1C. The summed E-state index contributed by atoms with van der Waals surface area (Å²) in [5.74, 6) is 0.392. The molecule has 2 rings (SSSR count). The molecule has 3 nitrogen and oxygen atoms in total. The highest BCUT2D eigenvalue weighted by Crippen LogP contribution is 2.24. The Morgan fingerprint density at radius 1 is 1.14 bits per heavy atom. The highest BCUT2D eigenvalue weighted by molar-refractivity contribution is 8.00. The molecule has 110 valence electrons. The number of rotatable bonds is 4. The lowest BCUT2D eigenvalue weighted by Crippen LogP contribution is -2.15. The molecule has 0 aliphatic heterocycles. The number of hydrogen-bond acceptors (Lipinski definition) is 3. The average Bonchev–Trinajstić information content (AvgIpc) is 2.43. The van der Waals surface area contributed by atoms with Crippen molar-refractivity contribution in [3.8, 4) is 0 Å². The molecule has 0 atom stereocenters. The molecule has 0 aliphatic carbocycles. The maximum Gasteiger partial charge on any atom is 0.234 e. The van der Waals surface area contributed by atoms with Gasteiger partial charge in [-0.05, 0) is 61.7 Å². The summed E-state index contributed by atoms with van der Waals surface area (Å²) < 4.78 is 0. The summed E-state index contributed by atoms with van der Waals surface area (Å²) >= 11 is 1.53. The van der Waals surface area contributed by atoms with Crippen molar-refractivity contribution in [1.29, 1.82) is 0 Å². The second-order valence-electron chi connectivity index (χ2n) is 5.11. The van der Waals surface area contributed by atoms with E-state index in [1.54, 1.807) is 0 Å². The third kappa shape index (κ3) is 4.02. The van der Waals surface area contributed by atoms with Crippen LogP contribution < -0.4 is 11.1 Å². The minimum atomic E-state index is 0.00456. The molecule has 2 aromatic carbocycles. The van der Waals surface area contributed by atoms with E-state index >= 15 is 0 Å². The zero-order valence-electron chi connectivity index (χ0n) is 12.6. The lowest BCUT2D eigenvalue weighted by Gasteiger charge is -2.11. The zero-order chi connectivity index (χ0) is 15.4. The molecule has 4 heteroatoms. The fraction of sp³-hybridized carbons (Fsp3) is 0.235. The molecule has 21 heavy (non-hydrogen) atoms. The van der Waals surface area contributed by atoms with Crippen LogP contribution in [0.15, 0.2) is 41.3 Å². The number of anilines is 2. The van der Waals surface area contributed by atoms with Crippen molar-refractivity contribution < 1.29 is 4.79 Å². The first-order valence-electron chi connectivity index (χ1n) is 6.82. The number of nitrogens with two attached hydrogens (primary N) is 1. The number of nitrogen functional groups attached to an aromatic ring is 1. The highest BCUT2D eigenvalue weighted by atomic mass is 32.2. The topological polar surface area (TPSA) is 55.1 Å². The Bertz CT molecular complexity index is 668. The van der Waals surface area contributed by atoms with Crippen molar-refractivity contribution in [3.63, 3.8) is 0 Å². The number of thioether (sulfide) groups is 1. The van der Waals surface area contributed by atoms with Crippen molar-refractivity contribution in [2.24, 2.45) is 0 Å². The second kappa shape index (κ2) is 6.68. The number of benzene rings is 2. The van der Waals surface area contributed by atoms with Crippen molar-refractivity contribution in [3.05, 3.63) is 53.1 Å². The predicted octanol–water partition coefficient (Wildman–Crippen LogP) is 3.92. The molecule has 2 aromatic rings. The molecule has 0 saturated carbocycles. The van der Waals surface area contributed by atoms with Gasteiger partial charge in [0.25, 0.3) is 0 Å². The van der Waals surface area contributed by atoms with Gasteiger partial charge in [-0.2, -0.15) is 0 Å². The van der Waals surface area contributed by atoms with Crippen LogP contribution in [0.1, 0.15) is 16.7 Å². The van der Waals surface area contributed by atoms with Gasteiger partial charge >= 0.3 is 0 Å². The molecule has 1 amide bonds. The molecular formula is C17H20N2OS. The number of amides is 1. The molecule has 0 radical (unpaired) electrons. The summed E-state index contributed by atoms with van der Waals surface area (Å²) in [6.45, 7) is 6.06. The van der Waals surface area contributed by atoms with Crippen molar-refractivity contribution >= 4 is 29.0 Å². The van der Waals surface area contributed by atoms with Gasteiger partial charge in [-0.3, -0.25) is 4.79 Å². The molecular weight excluding hydrogens is 280 g/mol. The summed E-state index contributed by atoms with van der Waals surface area (Å²) in [6.07, 6.45) is 0. The predicted molar refractivity (Wildman–Crippen MR) is 90.9 cm³/mol. The minimum Gasteiger partial charge on any atom is -0.399 e. The standard InChI is InChI=1S/C17H20N2OS/c1-11-5-4-6-15(13(11)3)19-17(20)10-21-16-8-7-14(18)9-12(16)2/h4-9H,10,18H2,1-3H3,(H,19,20). The number of aryl methyl sites for hydroxylation is 2. The molecule has 0 fully saturated rings. The Kier molecular flexibility index (Phi) is 4.91. The largest absolute Gasteiger partial charge is 0.399 e. The maximum atomic E-state index is 12.1. The Balaban J connectivity index is 1.97. The van der Waals surface area contributed by atoms with Crippen LogP contribution in [-0.2, 0) is 4.79 Å². The number of carbonyl (C=O) groups excluding carboxylic acids is 1. The Morgan fingerprint density at radius 3 is 2.62 bits per heavy atom. The van der Waals surface area contributed by atoms with E-state index in [0.29, 0.717) is 5.75 Å². The van der Waals surface area contributed by atoms with Gasteiger partial charge in [0, 0.05) is 16.3 Å². The zero-order valence-corrected chi connectivity index (χ0v) is 13.4. The van der Waals surface area contributed by atoms with Crippen LogP contribution in [0.5, 0.6) is 0 Å². The lowest BCUT2D eigenvalue weighted by molar-refractivity contribution is -0.113. The maximum absolute atomic E-state index is 12.1. The van der Waals surface area contributed by atoms with Crippen LogP contribution in [0.3, 0.4) is 0 Å². The molecule has 0 spiro atoms. The first kappa shape index (κ1) is 15.4. The van der Waals surface area contributed by atoms with Crippen molar-refractivity contribution in [1.82, 2.24) is 0 Å². The monoisotopic (exact) mass is 300 g/mol. The van der Waals surface area contributed by atoms with Gasteiger partial charge in [0.1, 0.15) is 0 Å². The van der Waals surface area contributed by atoms with E-state index in [9.17, 15) is 4.79 Å². The first-order valence-corrected chi connectivity index (χ1v) is 7.81. The smallest absolute Gasteiger partial charge is 0.234 e. The summed E-state index contributed by atoms with van der Waals surface area (Å²) in [5, 5.41) is 2.97. The van der Waals surface area contributed by atoms with E-state index in [4.69, 9.17) is 5.73 Å². The Morgan fingerprint density at radius 2 is 1.90 bits per heavy atom. The highest BCUT2D eigenvalue weighted by Gasteiger charge is 2.08. The molecule has 0 bridgehead atoms. The van der Waals surface area contributed by atoms with Gasteiger partial charge in [-0.15, -0.1) is 11.8 Å². The summed E-state index contributed by atoms with van der Waals surface area (Å²) in [7, 11) is 0. The van der Waals surface area contributed by atoms with Crippen LogP contribution in [0.25, 0.3) is 0 Å². The van der Waals surface area contributed by atoms with E-state index in [0.717, 1.165) is 27.4 Å². The number of nitrogens with one attached hydrogen (secondary N) is 1. The summed E-state index contributed by atoms with van der Waals surface area (Å²) in [5.41, 5.74) is 10.7. The third-order valence-corrected chi connectivity index (χ3v) is 4.61. The van der Waals surface area contributed by atoms with Crippen LogP contribution in [-0.4, -0.2) is 11.7 Å². The Labute approximate surface area is 129 Å². The third-order valence-electron chi connectivity index (χ3n) is 3.44. The van der Waals surface area contributed by atoms with E-state index in [2.05, 4.69) is 5.32 Å². The quantitative estimate of drug-likeness (QED) is 0.664. The fourth-order valence-corrected chi connectivity index (χ4v) is 2.86. The van der Waals surface area contributed by atoms with Gasteiger partial charge in [0.15, 0.2) is 0 Å². The normalized spacial score (nSPS) is 10.4. The molecule has 0 aromatic heterocycles. The van der Waals surface area contributed by atoms with Gasteiger partial charge in [-0.1, -0.05) is 12.1 Å². The summed E-state index contributed by atoms with van der Waals surface area (Å²) in [4.78, 5) is 13.2. The molecule has 0 aliphatic rings. The Hall–Kier alpha value is -1.94. The lowest BCUT2D eigenvalue weighted by atomic mass is 10.1. The second-order valence-corrected chi connectivity index (χ2v) is 6.13. The molecule has 0 unspecified atom stereocenters. The van der Waals surface area contributed by atoms with Crippen LogP contribution in [0.2, 0.25) is 0 Å². The first-order chi connectivity index (χ1) is 9.97. The fourth-order valence-electron chi connectivity index (χ4n) is 2.05. The van der Waals surface area contributed by atoms with E-state index in [1.165, 1.54) is 17.3 Å². The minimum absolute atomic E-state index is 0.00456.